The molecule has 1 heterocycles. The molecule has 1 aromatic heterocycles. The zero-order chi connectivity index (χ0) is 12.8. The summed E-state index contributed by atoms with van der Waals surface area (Å²) in [6, 6.07) is 5.75. The van der Waals surface area contributed by atoms with Gasteiger partial charge in [-0.3, -0.25) is 4.79 Å². The molecule has 4 nitrogen and oxygen atoms in total. The predicted octanol–water partition coefficient (Wildman–Crippen LogP) is 1.45. The zero-order valence-corrected chi connectivity index (χ0v) is 11.1. The number of carbonyl (C=O) groups excluding carboxylic acids is 1. The van der Waals surface area contributed by atoms with E-state index in [0.717, 1.165) is 23.6 Å². The highest BCUT2D eigenvalue weighted by Crippen LogP contribution is 2.44. The molecule has 0 atom stereocenters. The lowest BCUT2D eigenvalue weighted by molar-refractivity contribution is -0.121. The molecule has 98 valence electrons. The first-order valence-corrected chi connectivity index (χ1v) is 7.14. The van der Waals surface area contributed by atoms with Crippen LogP contribution in [0, 0.1) is 5.41 Å². The fourth-order valence-corrected chi connectivity index (χ4v) is 2.43. The van der Waals surface area contributed by atoms with Crippen molar-refractivity contribution in [1.82, 2.24) is 10.3 Å². The van der Waals surface area contributed by atoms with Gasteiger partial charge in [0, 0.05) is 30.3 Å². The number of aromatic nitrogens is 1. The second-order valence-electron chi connectivity index (χ2n) is 4.70. The van der Waals surface area contributed by atoms with E-state index in [9.17, 15) is 4.79 Å². The topological polar surface area (TPSA) is 62.2 Å². The molecule has 0 saturated heterocycles. The molecule has 1 amide bonds. The molecule has 1 saturated carbocycles. The van der Waals surface area contributed by atoms with Crippen LogP contribution in [0.3, 0.4) is 0 Å². The van der Waals surface area contributed by atoms with Crippen molar-refractivity contribution in [2.24, 2.45) is 5.41 Å². The number of thioether (sulfide) groups is 1. The highest BCUT2D eigenvalue weighted by Gasteiger charge is 2.41. The summed E-state index contributed by atoms with van der Waals surface area (Å²) in [6.07, 6.45) is 4.28. The molecule has 0 bridgehead atoms. The fraction of sp³-hybridized carbons (Fsp3) is 0.538. The van der Waals surface area contributed by atoms with Gasteiger partial charge >= 0.3 is 0 Å². The molecule has 18 heavy (non-hydrogen) atoms. The molecule has 2 rings (SSSR count). The molecule has 1 aliphatic carbocycles. The lowest BCUT2D eigenvalue weighted by atomic mass is 10.1. The van der Waals surface area contributed by atoms with E-state index < -0.39 is 0 Å². The van der Waals surface area contributed by atoms with Crippen molar-refractivity contribution in [2.45, 2.75) is 24.3 Å². The largest absolute Gasteiger partial charge is 0.396 e. The first-order valence-electron chi connectivity index (χ1n) is 6.15. The summed E-state index contributed by atoms with van der Waals surface area (Å²) in [7, 11) is 0. The van der Waals surface area contributed by atoms with Gasteiger partial charge in [0.05, 0.1) is 11.6 Å². The van der Waals surface area contributed by atoms with E-state index in [1.54, 1.807) is 18.0 Å². The van der Waals surface area contributed by atoms with Crippen molar-refractivity contribution in [3.63, 3.8) is 0 Å². The maximum atomic E-state index is 11.6. The van der Waals surface area contributed by atoms with Crippen molar-refractivity contribution in [2.75, 3.05) is 18.9 Å². The van der Waals surface area contributed by atoms with Crippen molar-refractivity contribution >= 4 is 17.7 Å². The Morgan fingerprint density at radius 1 is 1.50 bits per heavy atom. The third kappa shape index (κ3) is 3.99. The molecule has 1 aliphatic rings. The number of hydrogen-bond donors (Lipinski definition) is 2. The monoisotopic (exact) mass is 266 g/mol. The van der Waals surface area contributed by atoms with Crippen LogP contribution in [-0.2, 0) is 4.79 Å². The van der Waals surface area contributed by atoms with Gasteiger partial charge in [-0.1, -0.05) is 6.07 Å². The number of pyridine rings is 1. The number of nitrogens with one attached hydrogen (secondary N) is 1. The Balaban J connectivity index is 1.60. The third-order valence-electron chi connectivity index (χ3n) is 3.17. The van der Waals surface area contributed by atoms with E-state index in [1.807, 2.05) is 18.2 Å². The fourth-order valence-electron chi connectivity index (χ4n) is 1.62. The average Bonchev–Trinajstić information content (AvgIpc) is 3.18. The minimum atomic E-state index is -0.0101. The summed E-state index contributed by atoms with van der Waals surface area (Å²) in [4.78, 5) is 15.8. The number of carbonyl (C=O) groups is 1. The van der Waals surface area contributed by atoms with Gasteiger partial charge in [0.2, 0.25) is 5.91 Å². The quantitative estimate of drug-likeness (QED) is 0.733. The average molecular weight is 266 g/mol. The minimum absolute atomic E-state index is 0.0101. The van der Waals surface area contributed by atoms with Crippen LogP contribution < -0.4 is 5.32 Å². The van der Waals surface area contributed by atoms with E-state index >= 15 is 0 Å². The highest BCUT2D eigenvalue weighted by molar-refractivity contribution is 7.99. The first-order chi connectivity index (χ1) is 8.74. The number of amides is 1. The number of aliphatic hydroxyl groups is 1. The van der Waals surface area contributed by atoms with Crippen molar-refractivity contribution in [1.29, 1.82) is 0 Å². The summed E-state index contributed by atoms with van der Waals surface area (Å²) in [6.45, 7) is 0.784. The molecular weight excluding hydrogens is 248 g/mol. The third-order valence-corrected chi connectivity index (χ3v) is 4.12. The summed E-state index contributed by atoms with van der Waals surface area (Å²) < 4.78 is 0. The summed E-state index contributed by atoms with van der Waals surface area (Å²) in [5.74, 6) is 0.785. The van der Waals surface area contributed by atoms with Crippen LogP contribution in [0.15, 0.2) is 29.4 Å². The predicted molar refractivity (Wildman–Crippen MR) is 71.3 cm³/mol. The molecule has 1 aromatic rings. The maximum Gasteiger partial charge on any atom is 0.220 e. The van der Waals surface area contributed by atoms with E-state index in [-0.39, 0.29) is 17.9 Å². The van der Waals surface area contributed by atoms with Gasteiger partial charge < -0.3 is 10.4 Å². The van der Waals surface area contributed by atoms with Crippen LogP contribution in [0.25, 0.3) is 0 Å². The molecule has 0 spiro atoms. The second-order valence-corrected chi connectivity index (χ2v) is 5.82. The molecule has 0 aliphatic heterocycles. The van der Waals surface area contributed by atoms with E-state index in [4.69, 9.17) is 5.11 Å². The standard InChI is InChI=1S/C13H18N2O2S/c16-10-13(5-6-13)9-15-11(17)4-8-18-12-3-1-2-7-14-12/h1-3,7,16H,4-6,8-10H2,(H,15,17). The summed E-state index contributed by atoms with van der Waals surface area (Å²) in [5, 5.41) is 13.0. The van der Waals surface area contributed by atoms with Gasteiger partial charge in [-0.25, -0.2) is 4.98 Å². The number of aliphatic hydroxyl groups excluding tert-OH is 1. The summed E-state index contributed by atoms with van der Waals surface area (Å²) in [5.41, 5.74) is -0.0101. The molecule has 0 radical (unpaired) electrons. The molecule has 2 N–H and O–H groups in total. The smallest absolute Gasteiger partial charge is 0.220 e. The van der Waals surface area contributed by atoms with Crippen LogP contribution in [-0.4, -0.2) is 34.9 Å². The van der Waals surface area contributed by atoms with Crippen LogP contribution in [0.5, 0.6) is 0 Å². The normalized spacial score (nSPS) is 16.3. The van der Waals surface area contributed by atoms with Crippen molar-refractivity contribution < 1.29 is 9.90 Å². The Morgan fingerprint density at radius 2 is 2.33 bits per heavy atom. The maximum absolute atomic E-state index is 11.6. The Kier molecular flexibility index (Phi) is 4.60. The highest BCUT2D eigenvalue weighted by atomic mass is 32.2. The van der Waals surface area contributed by atoms with Crippen LogP contribution in [0.2, 0.25) is 0 Å². The molecule has 5 heteroatoms. The van der Waals surface area contributed by atoms with Crippen molar-refractivity contribution in [3.05, 3.63) is 24.4 Å². The minimum Gasteiger partial charge on any atom is -0.396 e. The van der Waals surface area contributed by atoms with Crippen LogP contribution in [0.4, 0.5) is 0 Å². The molecular formula is C13H18N2O2S. The van der Waals surface area contributed by atoms with E-state index in [0.29, 0.717) is 13.0 Å². The van der Waals surface area contributed by atoms with E-state index in [2.05, 4.69) is 10.3 Å². The molecule has 0 aromatic carbocycles. The number of hydrogen-bond acceptors (Lipinski definition) is 4. The van der Waals surface area contributed by atoms with Gasteiger partial charge in [-0.05, 0) is 25.0 Å². The first kappa shape index (κ1) is 13.4. The Labute approximate surface area is 111 Å². The van der Waals surface area contributed by atoms with Crippen molar-refractivity contribution in [3.8, 4) is 0 Å². The Hall–Kier alpha value is -1.07. The molecule has 1 fully saturated rings. The Morgan fingerprint density at radius 3 is 2.94 bits per heavy atom. The van der Waals surface area contributed by atoms with Crippen LogP contribution in [0.1, 0.15) is 19.3 Å². The van der Waals surface area contributed by atoms with E-state index in [1.165, 1.54) is 0 Å². The lowest BCUT2D eigenvalue weighted by Crippen LogP contribution is -2.31. The summed E-state index contributed by atoms with van der Waals surface area (Å²) >= 11 is 1.58. The Bertz CT molecular complexity index is 393. The van der Waals surface area contributed by atoms with Crippen LogP contribution >= 0.6 is 11.8 Å². The second kappa shape index (κ2) is 6.20. The SMILES string of the molecule is O=C(CCSc1ccccn1)NCC1(CO)CC1. The zero-order valence-electron chi connectivity index (χ0n) is 10.3. The van der Waals surface area contributed by atoms with Gasteiger partial charge in [-0.2, -0.15) is 0 Å². The molecule has 0 unspecified atom stereocenters. The number of rotatable bonds is 7. The lowest BCUT2D eigenvalue weighted by Gasteiger charge is -2.12. The van der Waals surface area contributed by atoms with Gasteiger partial charge in [0.1, 0.15) is 0 Å². The number of nitrogens with zero attached hydrogens (tertiary/aromatic N) is 1. The van der Waals surface area contributed by atoms with Gasteiger partial charge in [-0.15, -0.1) is 11.8 Å². The van der Waals surface area contributed by atoms with Gasteiger partial charge in [0.25, 0.3) is 0 Å². The van der Waals surface area contributed by atoms with Gasteiger partial charge in [0.15, 0.2) is 0 Å².